The summed E-state index contributed by atoms with van der Waals surface area (Å²) in [5, 5.41) is 12.2. The molecule has 0 bridgehead atoms. The normalized spacial score (nSPS) is 10.9. The van der Waals surface area contributed by atoms with E-state index >= 15 is 0 Å². The number of thioether (sulfide) groups is 2. The van der Waals surface area contributed by atoms with E-state index in [1.165, 1.54) is 28.7 Å². The average Bonchev–Trinajstić information content (AvgIpc) is 3.14. The molecule has 1 amide bonds. The molecule has 0 atom stereocenters. The SMILES string of the molecule is O=C(CSc1nnc(SCc2ccccc2)s1)NN=Cc1ccncc1. The molecule has 3 aromatic rings. The van der Waals surface area contributed by atoms with Gasteiger partial charge in [-0.25, -0.2) is 5.43 Å². The van der Waals surface area contributed by atoms with Crippen LogP contribution in [0.2, 0.25) is 0 Å². The van der Waals surface area contributed by atoms with Crippen molar-refractivity contribution in [3.63, 3.8) is 0 Å². The lowest BCUT2D eigenvalue weighted by molar-refractivity contribution is -0.118. The third-order valence-electron chi connectivity index (χ3n) is 3.03. The number of nitrogens with zero attached hydrogens (tertiary/aromatic N) is 4. The molecule has 0 unspecified atom stereocenters. The smallest absolute Gasteiger partial charge is 0.250 e. The van der Waals surface area contributed by atoms with E-state index in [4.69, 9.17) is 0 Å². The van der Waals surface area contributed by atoms with Crippen molar-refractivity contribution >= 4 is 47.0 Å². The minimum Gasteiger partial charge on any atom is -0.272 e. The summed E-state index contributed by atoms with van der Waals surface area (Å²) in [4.78, 5) is 15.7. The van der Waals surface area contributed by atoms with Crippen molar-refractivity contribution in [3.8, 4) is 0 Å². The number of hydrogen-bond acceptors (Lipinski definition) is 8. The average molecular weight is 402 g/mol. The molecule has 6 nitrogen and oxygen atoms in total. The second-order valence-electron chi connectivity index (χ2n) is 4.97. The summed E-state index contributed by atoms with van der Waals surface area (Å²) < 4.78 is 1.67. The van der Waals surface area contributed by atoms with Crippen LogP contribution in [-0.2, 0) is 10.5 Å². The maximum absolute atomic E-state index is 11.8. The standard InChI is InChI=1S/C17H15N5OS3/c23-15(20-19-10-13-6-8-18-9-7-13)12-25-17-22-21-16(26-17)24-11-14-4-2-1-3-5-14/h1-10H,11-12H2,(H,20,23). The molecule has 0 aliphatic heterocycles. The highest BCUT2D eigenvalue weighted by molar-refractivity contribution is 8.03. The minimum atomic E-state index is -0.186. The van der Waals surface area contributed by atoms with E-state index in [0.717, 1.165) is 20.0 Å². The third-order valence-corrected chi connectivity index (χ3v) is 6.29. The summed E-state index contributed by atoms with van der Waals surface area (Å²) in [5.41, 5.74) is 4.61. The number of hydrazone groups is 1. The summed E-state index contributed by atoms with van der Waals surface area (Å²) in [6.45, 7) is 0. The van der Waals surface area contributed by atoms with Crippen LogP contribution < -0.4 is 5.43 Å². The molecule has 0 saturated carbocycles. The monoisotopic (exact) mass is 401 g/mol. The highest BCUT2D eigenvalue weighted by atomic mass is 32.2. The van der Waals surface area contributed by atoms with Gasteiger partial charge >= 0.3 is 0 Å². The van der Waals surface area contributed by atoms with E-state index in [2.05, 4.69) is 37.8 Å². The zero-order valence-electron chi connectivity index (χ0n) is 13.6. The lowest BCUT2D eigenvalue weighted by Gasteiger charge is -1.97. The largest absolute Gasteiger partial charge is 0.272 e. The van der Waals surface area contributed by atoms with Gasteiger partial charge in [0.2, 0.25) is 0 Å². The van der Waals surface area contributed by atoms with Crippen LogP contribution in [0.25, 0.3) is 0 Å². The molecule has 132 valence electrons. The molecule has 2 aromatic heterocycles. The van der Waals surface area contributed by atoms with Gasteiger partial charge in [0.15, 0.2) is 8.68 Å². The summed E-state index contributed by atoms with van der Waals surface area (Å²) in [6, 6.07) is 13.8. The molecule has 1 aromatic carbocycles. The number of hydrogen-bond donors (Lipinski definition) is 1. The van der Waals surface area contributed by atoms with Gasteiger partial charge in [-0.05, 0) is 23.3 Å². The predicted molar refractivity (Wildman–Crippen MR) is 107 cm³/mol. The van der Waals surface area contributed by atoms with Gasteiger partial charge in [0.25, 0.3) is 5.91 Å². The Morgan fingerprint density at radius 1 is 1.08 bits per heavy atom. The molecule has 0 aliphatic rings. The maximum atomic E-state index is 11.8. The summed E-state index contributed by atoms with van der Waals surface area (Å²) in [7, 11) is 0. The van der Waals surface area contributed by atoms with E-state index in [1.54, 1.807) is 42.5 Å². The molecule has 1 N–H and O–H groups in total. The molecular weight excluding hydrogens is 386 g/mol. The Morgan fingerprint density at radius 3 is 2.58 bits per heavy atom. The van der Waals surface area contributed by atoms with Gasteiger partial charge in [0.05, 0.1) is 12.0 Å². The van der Waals surface area contributed by atoms with Crippen LogP contribution >= 0.6 is 34.9 Å². The van der Waals surface area contributed by atoms with Crippen LogP contribution in [0, 0.1) is 0 Å². The van der Waals surface area contributed by atoms with Crippen molar-refractivity contribution in [1.29, 1.82) is 0 Å². The van der Waals surface area contributed by atoms with Gasteiger partial charge < -0.3 is 0 Å². The summed E-state index contributed by atoms with van der Waals surface area (Å²) in [6.07, 6.45) is 4.91. The van der Waals surface area contributed by atoms with E-state index in [-0.39, 0.29) is 11.7 Å². The molecule has 26 heavy (non-hydrogen) atoms. The number of pyridine rings is 1. The van der Waals surface area contributed by atoms with Crippen LogP contribution in [0.1, 0.15) is 11.1 Å². The fraction of sp³-hybridized carbons (Fsp3) is 0.118. The van der Waals surface area contributed by atoms with Gasteiger partial charge in [0, 0.05) is 18.1 Å². The highest BCUT2D eigenvalue weighted by Gasteiger charge is 2.08. The second kappa shape index (κ2) is 10.0. The Hall–Kier alpha value is -2.23. The highest BCUT2D eigenvalue weighted by Crippen LogP contribution is 2.30. The zero-order valence-corrected chi connectivity index (χ0v) is 16.1. The summed E-state index contributed by atoms with van der Waals surface area (Å²) >= 11 is 4.49. The van der Waals surface area contributed by atoms with Gasteiger partial charge in [-0.2, -0.15) is 5.10 Å². The van der Waals surface area contributed by atoms with Gasteiger partial charge in [0.1, 0.15) is 0 Å². The lowest BCUT2D eigenvalue weighted by atomic mass is 10.2. The molecule has 0 fully saturated rings. The molecule has 0 spiro atoms. The number of carbonyl (C=O) groups is 1. The number of carbonyl (C=O) groups excluding carboxylic acids is 1. The van der Waals surface area contributed by atoms with Crippen LogP contribution in [0.5, 0.6) is 0 Å². The zero-order chi connectivity index (χ0) is 18.0. The Labute approximate surface area is 163 Å². The Kier molecular flexibility index (Phi) is 7.17. The molecule has 2 heterocycles. The number of nitrogens with one attached hydrogen (secondary N) is 1. The topological polar surface area (TPSA) is 80.1 Å². The first-order chi connectivity index (χ1) is 12.8. The van der Waals surface area contributed by atoms with Crippen molar-refractivity contribution in [1.82, 2.24) is 20.6 Å². The predicted octanol–water partition coefficient (Wildman–Crippen LogP) is 3.47. The number of amides is 1. The lowest BCUT2D eigenvalue weighted by Crippen LogP contribution is -2.19. The van der Waals surface area contributed by atoms with Crippen LogP contribution in [0.4, 0.5) is 0 Å². The van der Waals surface area contributed by atoms with Gasteiger partial charge in [-0.15, -0.1) is 10.2 Å². The van der Waals surface area contributed by atoms with E-state index in [1.807, 2.05) is 18.2 Å². The van der Waals surface area contributed by atoms with E-state index in [0.29, 0.717) is 0 Å². The van der Waals surface area contributed by atoms with E-state index in [9.17, 15) is 4.79 Å². The first-order valence-corrected chi connectivity index (χ1v) is 10.4. The van der Waals surface area contributed by atoms with Gasteiger partial charge in [-0.3, -0.25) is 9.78 Å². The minimum absolute atomic E-state index is 0.186. The van der Waals surface area contributed by atoms with Crippen molar-refractivity contribution < 1.29 is 4.79 Å². The Balaban J connectivity index is 1.40. The van der Waals surface area contributed by atoms with Crippen LogP contribution in [0.3, 0.4) is 0 Å². The number of benzene rings is 1. The maximum Gasteiger partial charge on any atom is 0.250 e. The fourth-order valence-electron chi connectivity index (χ4n) is 1.82. The fourth-order valence-corrected chi connectivity index (χ4v) is 4.59. The first kappa shape index (κ1) is 18.6. The van der Waals surface area contributed by atoms with Crippen molar-refractivity contribution in [3.05, 3.63) is 66.0 Å². The number of aromatic nitrogens is 3. The molecule has 9 heteroatoms. The molecule has 3 rings (SSSR count). The van der Waals surface area contributed by atoms with Crippen molar-refractivity contribution in [2.24, 2.45) is 5.10 Å². The Bertz CT molecular complexity index is 855. The third kappa shape index (κ3) is 6.25. The number of rotatable bonds is 8. The second-order valence-corrected chi connectivity index (χ2v) is 8.39. The summed E-state index contributed by atoms with van der Waals surface area (Å²) in [5.74, 6) is 0.907. The van der Waals surface area contributed by atoms with E-state index < -0.39 is 0 Å². The molecular formula is C17H15N5OS3. The first-order valence-electron chi connectivity index (χ1n) is 7.64. The molecule has 0 aliphatic carbocycles. The Morgan fingerprint density at radius 2 is 1.81 bits per heavy atom. The molecule has 0 saturated heterocycles. The van der Waals surface area contributed by atoms with Crippen LogP contribution in [-0.4, -0.2) is 33.1 Å². The quantitative estimate of drug-likeness (QED) is 0.354. The van der Waals surface area contributed by atoms with Crippen molar-refractivity contribution in [2.75, 3.05) is 5.75 Å². The van der Waals surface area contributed by atoms with Crippen LogP contribution in [0.15, 0.2) is 68.6 Å². The van der Waals surface area contributed by atoms with Crippen molar-refractivity contribution in [2.45, 2.75) is 14.4 Å². The molecule has 0 radical (unpaired) electrons. The van der Waals surface area contributed by atoms with Gasteiger partial charge in [-0.1, -0.05) is 65.2 Å².